The van der Waals surface area contributed by atoms with Crippen LogP contribution in [0.2, 0.25) is 0 Å². The summed E-state index contributed by atoms with van der Waals surface area (Å²) in [6.45, 7) is 2.68. The Morgan fingerprint density at radius 3 is 3.05 bits per heavy atom. The molecule has 2 aliphatic rings. The van der Waals surface area contributed by atoms with Crippen molar-refractivity contribution in [1.29, 1.82) is 0 Å². The summed E-state index contributed by atoms with van der Waals surface area (Å²) in [6.07, 6.45) is 1.12. The lowest BCUT2D eigenvalue weighted by molar-refractivity contribution is -0.0161. The van der Waals surface area contributed by atoms with Gasteiger partial charge in [-0.1, -0.05) is 15.9 Å². The summed E-state index contributed by atoms with van der Waals surface area (Å²) >= 11 is 3.40. The average Bonchev–Trinajstić information content (AvgIpc) is 2.80. The smallest absolute Gasteiger partial charge is 0.251 e. The van der Waals surface area contributed by atoms with E-state index >= 15 is 0 Å². The minimum Gasteiger partial charge on any atom is -0.376 e. The molecule has 0 radical (unpaired) electrons. The standard InChI is InChI=1S/C14H17BrN2O2/c1-7-6-8(15)2-3-9(7)14(18)17-12-11(16)10-4-5-19-13(10)12/h2-3,6,10-13H,4-5,16H2,1H3,(H,17,18). The van der Waals surface area contributed by atoms with Crippen LogP contribution in [0.25, 0.3) is 0 Å². The van der Waals surface area contributed by atoms with Crippen LogP contribution in [0.5, 0.6) is 0 Å². The molecule has 3 rings (SSSR count). The third-order valence-corrected chi connectivity index (χ3v) is 4.67. The van der Waals surface area contributed by atoms with E-state index < -0.39 is 0 Å². The SMILES string of the molecule is Cc1cc(Br)ccc1C(=O)NC1C(N)C2CCOC21. The molecule has 4 unspecified atom stereocenters. The maximum atomic E-state index is 12.3. The molecule has 0 spiro atoms. The average molecular weight is 325 g/mol. The molecule has 1 amide bonds. The van der Waals surface area contributed by atoms with Crippen LogP contribution in [-0.4, -0.2) is 30.7 Å². The fourth-order valence-electron chi connectivity index (χ4n) is 3.04. The van der Waals surface area contributed by atoms with Crippen molar-refractivity contribution in [2.24, 2.45) is 11.7 Å². The van der Waals surface area contributed by atoms with E-state index in [1.807, 2.05) is 25.1 Å². The highest BCUT2D eigenvalue weighted by Crippen LogP contribution is 2.37. The first-order valence-corrected chi connectivity index (χ1v) is 7.31. The number of carbonyl (C=O) groups is 1. The van der Waals surface area contributed by atoms with Crippen LogP contribution in [0, 0.1) is 12.8 Å². The van der Waals surface area contributed by atoms with Crippen LogP contribution in [0.3, 0.4) is 0 Å². The Bertz CT molecular complexity index is 520. The predicted octanol–water partition coefficient (Wildman–Crippen LogP) is 1.60. The molecular formula is C14H17BrN2O2. The minimum atomic E-state index is -0.0700. The number of nitrogens with two attached hydrogens (primary N) is 1. The molecule has 4 nitrogen and oxygen atoms in total. The summed E-state index contributed by atoms with van der Waals surface area (Å²) in [5.41, 5.74) is 7.73. The second-order valence-corrected chi connectivity index (χ2v) is 6.24. The predicted molar refractivity (Wildman–Crippen MR) is 76.0 cm³/mol. The van der Waals surface area contributed by atoms with Crippen LogP contribution >= 0.6 is 15.9 Å². The van der Waals surface area contributed by atoms with Gasteiger partial charge >= 0.3 is 0 Å². The summed E-state index contributed by atoms with van der Waals surface area (Å²) in [5, 5.41) is 3.01. The van der Waals surface area contributed by atoms with Gasteiger partial charge in [0.25, 0.3) is 5.91 Å². The van der Waals surface area contributed by atoms with Crippen molar-refractivity contribution in [2.45, 2.75) is 31.5 Å². The lowest BCUT2D eigenvalue weighted by atomic mass is 9.72. The summed E-state index contributed by atoms with van der Waals surface area (Å²) < 4.78 is 6.59. The Balaban J connectivity index is 1.71. The molecule has 4 atom stereocenters. The Morgan fingerprint density at radius 2 is 2.32 bits per heavy atom. The maximum Gasteiger partial charge on any atom is 0.251 e. The van der Waals surface area contributed by atoms with Crippen molar-refractivity contribution >= 4 is 21.8 Å². The van der Waals surface area contributed by atoms with Crippen molar-refractivity contribution < 1.29 is 9.53 Å². The van der Waals surface area contributed by atoms with Gasteiger partial charge in [-0.2, -0.15) is 0 Å². The van der Waals surface area contributed by atoms with Crippen molar-refractivity contribution in [1.82, 2.24) is 5.32 Å². The second-order valence-electron chi connectivity index (χ2n) is 5.32. The molecule has 0 bridgehead atoms. The molecule has 1 aromatic carbocycles. The Labute approximate surface area is 120 Å². The van der Waals surface area contributed by atoms with E-state index in [2.05, 4.69) is 21.2 Å². The van der Waals surface area contributed by atoms with Gasteiger partial charge in [-0.3, -0.25) is 4.79 Å². The molecule has 19 heavy (non-hydrogen) atoms. The second kappa shape index (κ2) is 4.89. The van der Waals surface area contributed by atoms with E-state index in [1.54, 1.807) is 0 Å². The molecule has 1 saturated carbocycles. The summed E-state index contributed by atoms with van der Waals surface area (Å²) in [6, 6.07) is 5.60. The normalized spacial score (nSPS) is 32.6. The third-order valence-electron chi connectivity index (χ3n) is 4.18. The van der Waals surface area contributed by atoms with Crippen LogP contribution in [0.4, 0.5) is 0 Å². The van der Waals surface area contributed by atoms with E-state index in [9.17, 15) is 4.79 Å². The molecule has 3 N–H and O–H groups in total. The Kier molecular flexibility index (Phi) is 3.37. The number of halogens is 1. The van der Waals surface area contributed by atoms with Gasteiger partial charge in [0.1, 0.15) is 0 Å². The lowest BCUT2D eigenvalue weighted by Gasteiger charge is -2.45. The van der Waals surface area contributed by atoms with Crippen molar-refractivity contribution in [3.63, 3.8) is 0 Å². The number of carbonyl (C=O) groups excluding carboxylic acids is 1. The van der Waals surface area contributed by atoms with Crippen molar-refractivity contribution in [3.8, 4) is 0 Å². The van der Waals surface area contributed by atoms with Gasteiger partial charge in [0.05, 0.1) is 12.1 Å². The lowest BCUT2D eigenvalue weighted by Crippen LogP contribution is -2.69. The molecule has 2 fully saturated rings. The van der Waals surface area contributed by atoms with Crippen LogP contribution in [-0.2, 0) is 4.74 Å². The number of fused-ring (bicyclic) bond motifs is 1. The number of hydrogen-bond donors (Lipinski definition) is 2. The molecule has 0 aromatic heterocycles. The first-order valence-electron chi connectivity index (χ1n) is 6.52. The molecule has 102 valence electrons. The fourth-order valence-corrected chi connectivity index (χ4v) is 3.51. The fraction of sp³-hybridized carbons (Fsp3) is 0.500. The molecule has 1 saturated heterocycles. The molecule has 5 heteroatoms. The first kappa shape index (κ1) is 13.1. The highest BCUT2D eigenvalue weighted by Gasteiger charge is 2.52. The number of rotatable bonds is 2. The monoisotopic (exact) mass is 324 g/mol. The van der Waals surface area contributed by atoms with Gasteiger partial charge in [-0.05, 0) is 37.1 Å². The quantitative estimate of drug-likeness (QED) is 0.868. The van der Waals surface area contributed by atoms with Gasteiger partial charge in [-0.15, -0.1) is 0 Å². The number of aryl methyl sites for hydroxylation is 1. The van der Waals surface area contributed by atoms with Crippen LogP contribution in [0.15, 0.2) is 22.7 Å². The van der Waals surface area contributed by atoms with E-state index in [4.69, 9.17) is 10.5 Å². The van der Waals surface area contributed by atoms with Crippen LogP contribution in [0.1, 0.15) is 22.3 Å². The minimum absolute atomic E-state index is 0.0206. The van der Waals surface area contributed by atoms with E-state index in [-0.39, 0.29) is 24.1 Å². The highest BCUT2D eigenvalue weighted by molar-refractivity contribution is 9.10. The largest absolute Gasteiger partial charge is 0.376 e. The zero-order valence-corrected chi connectivity index (χ0v) is 12.3. The Morgan fingerprint density at radius 1 is 1.53 bits per heavy atom. The topological polar surface area (TPSA) is 64.4 Å². The summed E-state index contributed by atoms with van der Waals surface area (Å²) in [5.74, 6) is 0.343. The number of amides is 1. The van der Waals surface area contributed by atoms with Gasteiger partial charge in [0.15, 0.2) is 0 Å². The maximum absolute atomic E-state index is 12.3. The zero-order chi connectivity index (χ0) is 13.6. The number of benzene rings is 1. The van der Waals surface area contributed by atoms with Crippen molar-refractivity contribution in [2.75, 3.05) is 6.61 Å². The third kappa shape index (κ3) is 2.20. The van der Waals surface area contributed by atoms with E-state index in [0.717, 1.165) is 23.1 Å². The summed E-state index contributed by atoms with van der Waals surface area (Å²) in [4.78, 5) is 12.3. The highest BCUT2D eigenvalue weighted by atomic mass is 79.9. The molecular weight excluding hydrogens is 308 g/mol. The van der Waals surface area contributed by atoms with E-state index in [1.165, 1.54) is 0 Å². The van der Waals surface area contributed by atoms with E-state index in [0.29, 0.717) is 11.5 Å². The molecule has 1 aliphatic heterocycles. The molecule has 1 heterocycles. The van der Waals surface area contributed by atoms with Gasteiger partial charge in [0, 0.05) is 28.6 Å². The van der Waals surface area contributed by atoms with Crippen LogP contribution < -0.4 is 11.1 Å². The number of hydrogen-bond acceptors (Lipinski definition) is 3. The van der Waals surface area contributed by atoms with Gasteiger partial charge in [0.2, 0.25) is 0 Å². The number of ether oxygens (including phenoxy) is 1. The summed E-state index contributed by atoms with van der Waals surface area (Å²) in [7, 11) is 0. The first-order chi connectivity index (χ1) is 9.08. The van der Waals surface area contributed by atoms with Crippen molar-refractivity contribution in [3.05, 3.63) is 33.8 Å². The van der Waals surface area contributed by atoms with Gasteiger partial charge < -0.3 is 15.8 Å². The number of nitrogens with one attached hydrogen (secondary N) is 1. The van der Waals surface area contributed by atoms with Gasteiger partial charge in [-0.25, -0.2) is 0 Å². The molecule has 1 aromatic rings. The molecule has 1 aliphatic carbocycles. The zero-order valence-electron chi connectivity index (χ0n) is 10.7. The Hall–Kier alpha value is -0.910.